The first-order valence-corrected chi connectivity index (χ1v) is 15.2. The molecule has 0 atom stereocenters. The zero-order chi connectivity index (χ0) is 28.8. The molecule has 0 radical (unpaired) electrons. The number of hydrogen-bond acceptors (Lipinski definition) is 1. The molecule has 1 heterocycles. The van der Waals surface area contributed by atoms with Crippen LogP contribution in [0, 0.1) is 0 Å². The molecule has 10 aromatic rings. The van der Waals surface area contributed by atoms with Crippen LogP contribution in [-0.4, -0.2) is 4.98 Å². The van der Waals surface area contributed by atoms with Crippen LogP contribution in [0.15, 0.2) is 152 Å². The Balaban J connectivity index is 1.23. The number of pyridine rings is 1. The summed E-state index contributed by atoms with van der Waals surface area (Å²) in [5, 5.41) is 15.1. The normalized spacial score (nSPS) is 12.1. The van der Waals surface area contributed by atoms with Gasteiger partial charge in [0.25, 0.3) is 0 Å². The molecule has 44 heavy (non-hydrogen) atoms. The summed E-state index contributed by atoms with van der Waals surface area (Å²) in [6.07, 6.45) is 0. The molecule has 0 fully saturated rings. The summed E-state index contributed by atoms with van der Waals surface area (Å²) in [7, 11) is 0. The van der Waals surface area contributed by atoms with Crippen molar-refractivity contribution in [3.8, 4) is 22.3 Å². The van der Waals surface area contributed by atoms with Crippen LogP contribution in [0.5, 0.6) is 0 Å². The molecule has 0 bridgehead atoms. The fourth-order valence-electron chi connectivity index (χ4n) is 7.53. The lowest BCUT2D eigenvalue weighted by Crippen LogP contribution is -1.92. The Hall–Kier alpha value is -5.79. The molecular weight excluding hydrogens is 530 g/mol. The third-order valence-electron chi connectivity index (χ3n) is 9.58. The van der Waals surface area contributed by atoms with Crippen LogP contribution in [0.25, 0.3) is 97.9 Å². The number of rotatable bonds is 2. The SMILES string of the molecule is c1ccc2c(c1)ccc1c(-c3ccc(-c4ccc5ccc6cccc7ccc4c5c67)cc3)c3ccc4ccccc4c3nc12. The number of fused-ring (bicyclic) bond motifs is 6. The van der Waals surface area contributed by atoms with Gasteiger partial charge in [0.05, 0.1) is 11.0 Å². The van der Waals surface area contributed by atoms with Crippen molar-refractivity contribution in [3.05, 3.63) is 152 Å². The van der Waals surface area contributed by atoms with Crippen LogP contribution in [-0.2, 0) is 0 Å². The second kappa shape index (κ2) is 8.86. The van der Waals surface area contributed by atoms with Gasteiger partial charge in [0, 0.05) is 27.1 Å². The van der Waals surface area contributed by atoms with E-state index in [1.807, 2.05) is 0 Å². The molecule has 1 heteroatoms. The van der Waals surface area contributed by atoms with Gasteiger partial charge in [-0.3, -0.25) is 0 Å². The molecule has 0 aliphatic heterocycles. The van der Waals surface area contributed by atoms with E-state index in [0.29, 0.717) is 0 Å². The average Bonchev–Trinajstić information content (AvgIpc) is 3.09. The van der Waals surface area contributed by atoms with Crippen molar-refractivity contribution < 1.29 is 0 Å². The Morgan fingerprint density at radius 1 is 0.295 bits per heavy atom. The topological polar surface area (TPSA) is 12.9 Å². The fourth-order valence-corrected chi connectivity index (χ4v) is 7.53. The lowest BCUT2D eigenvalue weighted by atomic mass is 9.88. The lowest BCUT2D eigenvalue weighted by molar-refractivity contribution is 1.53. The Morgan fingerprint density at radius 2 is 0.773 bits per heavy atom. The molecule has 202 valence electrons. The van der Waals surface area contributed by atoms with Crippen LogP contribution in [0.3, 0.4) is 0 Å². The molecule has 1 aromatic heterocycles. The molecule has 0 amide bonds. The smallest absolute Gasteiger partial charge is 0.0794 e. The Kier molecular flexibility index (Phi) is 4.78. The first kappa shape index (κ1) is 23.7. The maximum Gasteiger partial charge on any atom is 0.0794 e. The third kappa shape index (κ3) is 3.27. The van der Waals surface area contributed by atoms with Gasteiger partial charge in [-0.2, -0.15) is 0 Å². The minimum atomic E-state index is 1.05. The van der Waals surface area contributed by atoms with Crippen LogP contribution in [0.1, 0.15) is 0 Å². The number of benzene rings is 9. The quantitative estimate of drug-likeness (QED) is 0.153. The molecule has 0 saturated heterocycles. The molecule has 9 aromatic carbocycles. The molecule has 0 unspecified atom stereocenters. The van der Waals surface area contributed by atoms with E-state index in [1.54, 1.807) is 0 Å². The Bertz CT molecular complexity index is 2640. The molecule has 0 N–H and O–H groups in total. The van der Waals surface area contributed by atoms with Gasteiger partial charge in [-0.05, 0) is 59.8 Å². The van der Waals surface area contributed by atoms with Crippen molar-refractivity contribution in [2.75, 3.05) is 0 Å². The summed E-state index contributed by atoms with van der Waals surface area (Å²) in [5.74, 6) is 0. The zero-order valence-electron chi connectivity index (χ0n) is 23.9. The van der Waals surface area contributed by atoms with E-state index in [1.165, 1.54) is 86.9 Å². The second-order valence-electron chi connectivity index (χ2n) is 11.9. The van der Waals surface area contributed by atoms with E-state index in [2.05, 4.69) is 152 Å². The van der Waals surface area contributed by atoms with Crippen LogP contribution >= 0.6 is 0 Å². The van der Waals surface area contributed by atoms with Gasteiger partial charge in [0.15, 0.2) is 0 Å². The predicted molar refractivity (Wildman–Crippen MR) is 189 cm³/mol. The third-order valence-corrected chi connectivity index (χ3v) is 9.58. The minimum Gasteiger partial charge on any atom is -0.246 e. The van der Waals surface area contributed by atoms with Crippen molar-refractivity contribution in [1.82, 2.24) is 4.98 Å². The molecule has 0 aliphatic rings. The van der Waals surface area contributed by atoms with Gasteiger partial charge < -0.3 is 0 Å². The van der Waals surface area contributed by atoms with Crippen molar-refractivity contribution in [1.29, 1.82) is 0 Å². The van der Waals surface area contributed by atoms with E-state index in [0.717, 1.165) is 11.0 Å². The highest BCUT2D eigenvalue weighted by Gasteiger charge is 2.16. The minimum absolute atomic E-state index is 1.05. The Labute approximate surface area is 254 Å². The highest BCUT2D eigenvalue weighted by molar-refractivity contribution is 6.26. The van der Waals surface area contributed by atoms with Crippen LogP contribution in [0.4, 0.5) is 0 Å². The lowest BCUT2D eigenvalue weighted by Gasteiger charge is -2.16. The van der Waals surface area contributed by atoms with Gasteiger partial charge >= 0.3 is 0 Å². The van der Waals surface area contributed by atoms with Crippen molar-refractivity contribution in [2.24, 2.45) is 0 Å². The van der Waals surface area contributed by atoms with E-state index in [9.17, 15) is 0 Å². The molecule has 10 rings (SSSR count). The van der Waals surface area contributed by atoms with Crippen LogP contribution < -0.4 is 0 Å². The Morgan fingerprint density at radius 3 is 1.43 bits per heavy atom. The molecule has 0 spiro atoms. The molecule has 0 saturated carbocycles. The first-order chi connectivity index (χ1) is 21.8. The summed E-state index contributed by atoms with van der Waals surface area (Å²) in [5.41, 5.74) is 7.04. The monoisotopic (exact) mass is 555 g/mol. The maximum atomic E-state index is 5.36. The van der Waals surface area contributed by atoms with E-state index < -0.39 is 0 Å². The summed E-state index contributed by atoms with van der Waals surface area (Å²) < 4.78 is 0. The molecular formula is C43H25N. The number of aromatic nitrogens is 1. The van der Waals surface area contributed by atoms with Gasteiger partial charge in [0.1, 0.15) is 0 Å². The van der Waals surface area contributed by atoms with E-state index in [-0.39, 0.29) is 0 Å². The number of hydrogen-bond donors (Lipinski definition) is 0. The van der Waals surface area contributed by atoms with Gasteiger partial charge in [-0.1, -0.05) is 152 Å². The highest BCUT2D eigenvalue weighted by Crippen LogP contribution is 2.42. The largest absolute Gasteiger partial charge is 0.246 e. The van der Waals surface area contributed by atoms with Crippen molar-refractivity contribution >= 4 is 75.7 Å². The number of nitrogens with zero attached hydrogens (tertiary/aromatic N) is 1. The summed E-state index contributed by atoms with van der Waals surface area (Å²) in [6.45, 7) is 0. The van der Waals surface area contributed by atoms with Gasteiger partial charge in [0.2, 0.25) is 0 Å². The summed E-state index contributed by atoms with van der Waals surface area (Å²) in [4.78, 5) is 5.36. The summed E-state index contributed by atoms with van der Waals surface area (Å²) in [6, 6.07) is 55.5. The average molecular weight is 556 g/mol. The van der Waals surface area contributed by atoms with E-state index in [4.69, 9.17) is 4.98 Å². The zero-order valence-corrected chi connectivity index (χ0v) is 23.9. The van der Waals surface area contributed by atoms with Crippen molar-refractivity contribution in [2.45, 2.75) is 0 Å². The van der Waals surface area contributed by atoms with Crippen LogP contribution in [0.2, 0.25) is 0 Å². The molecule has 0 aliphatic carbocycles. The fraction of sp³-hybridized carbons (Fsp3) is 0. The standard InChI is InChI=1S/C43H25N/c1-3-10-34-26(6-1)18-24-37-40(38-25-19-27-7-2-4-11-35(27)43(38)44-42(34)37)31-14-12-28(13-15-31)33-22-20-32-17-16-29-8-5-9-30-21-23-36(33)41(32)39(29)30/h1-25H. The first-order valence-electron chi connectivity index (χ1n) is 15.2. The van der Waals surface area contributed by atoms with Gasteiger partial charge in [-0.15, -0.1) is 0 Å². The van der Waals surface area contributed by atoms with Crippen molar-refractivity contribution in [3.63, 3.8) is 0 Å². The summed E-state index contributed by atoms with van der Waals surface area (Å²) >= 11 is 0. The maximum absolute atomic E-state index is 5.36. The predicted octanol–water partition coefficient (Wildman–Crippen LogP) is 11.9. The highest BCUT2D eigenvalue weighted by atomic mass is 14.7. The second-order valence-corrected chi connectivity index (χ2v) is 11.9. The van der Waals surface area contributed by atoms with E-state index >= 15 is 0 Å². The molecule has 1 nitrogen and oxygen atoms in total. The van der Waals surface area contributed by atoms with Gasteiger partial charge in [-0.25, -0.2) is 4.98 Å².